The molecule has 0 heterocycles. The topological polar surface area (TPSA) is 120 Å². The summed E-state index contributed by atoms with van der Waals surface area (Å²) in [6, 6.07) is 8.77. The minimum absolute atomic E-state index is 0.0524. The van der Waals surface area contributed by atoms with Crippen LogP contribution in [0.4, 0.5) is 13.6 Å². The molecular formula is C27H40F2N4O5S. The normalized spacial score (nSPS) is 13.2. The van der Waals surface area contributed by atoms with Gasteiger partial charge in [0.25, 0.3) is 0 Å². The molecule has 2 atom stereocenters. The maximum absolute atomic E-state index is 13.8. The summed E-state index contributed by atoms with van der Waals surface area (Å²) in [4.78, 5) is 12.6. The molecule has 0 saturated heterocycles. The highest BCUT2D eigenvalue weighted by molar-refractivity contribution is 7.89. The minimum Gasteiger partial charge on any atom is -0.497 e. The number of amides is 2. The van der Waals surface area contributed by atoms with E-state index in [1.54, 1.807) is 7.11 Å². The number of benzene rings is 2. The Hall–Kier alpha value is -2.80. The summed E-state index contributed by atoms with van der Waals surface area (Å²) in [5.74, 6) is -1.13. The van der Waals surface area contributed by atoms with Crippen LogP contribution in [0.1, 0.15) is 37.8 Å². The lowest BCUT2D eigenvalue weighted by Crippen LogP contribution is -2.52. The Bertz CT molecular complexity index is 1130. The van der Waals surface area contributed by atoms with Gasteiger partial charge in [-0.25, -0.2) is 26.3 Å². The number of hydrogen-bond acceptors (Lipinski definition) is 6. The summed E-state index contributed by atoms with van der Waals surface area (Å²) in [7, 11) is -1.99. The molecule has 4 N–H and O–H groups in total. The molecule has 0 aliphatic heterocycles. The van der Waals surface area contributed by atoms with E-state index >= 15 is 0 Å². The molecule has 2 rings (SSSR count). The number of carbonyl (C=O) groups excluding carboxylic acids is 1. The zero-order chi connectivity index (χ0) is 28.8. The molecule has 218 valence electrons. The summed E-state index contributed by atoms with van der Waals surface area (Å²) < 4.78 is 59.4. The van der Waals surface area contributed by atoms with Gasteiger partial charge in [-0.2, -0.15) is 0 Å². The Morgan fingerprint density at radius 1 is 1.05 bits per heavy atom. The van der Waals surface area contributed by atoms with Gasteiger partial charge in [0, 0.05) is 38.8 Å². The lowest BCUT2D eigenvalue weighted by Gasteiger charge is -2.25. The van der Waals surface area contributed by atoms with Gasteiger partial charge in [-0.15, -0.1) is 0 Å². The van der Waals surface area contributed by atoms with Gasteiger partial charge in [-0.05, 0) is 54.7 Å². The van der Waals surface area contributed by atoms with Crippen molar-refractivity contribution in [1.82, 2.24) is 20.3 Å². The van der Waals surface area contributed by atoms with Crippen LogP contribution in [0.3, 0.4) is 0 Å². The van der Waals surface area contributed by atoms with E-state index in [-0.39, 0.29) is 30.8 Å². The highest BCUT2D eigenvalue weighted by Gasteiger charge is 2.24. The molecule has 0 aromatic heterocycles. The number of ether oxygens (including phenoxy) is 1. The highest BCUT2D eigenvalue weighted by Crippen LogP contribution is 2.14. The first-order chi connectivity index (χ1) is 18.6. The number of halogens is 2. The van der Waals surface area contributed by atoms with Crippen LogP contribution in [-0.4, -0.2) is 75.0 Å². The van der Waals surface area contributed by atoms with Crippen LogP contribution in [0.25, 0.3) is 0 Å². The monoisotopic (exact) mass is 570 g/mol. The number of sulfonamides is 1. The maximum atomic E-state index is 13.8. The van der Waals surface area contributed by atoms with Crippen molar-refractivity contribution in [1.29, 1.82) is 0 Å². The van der Waals surface area contributed by atoms with E-state index in [2.05, 4.69) is 16.0 Å². The van der Waals surface area contributed by atoms with Crippen LogP contribution in [0, 0.1) is 11.6 Å². The molecular weight excluding hydrogens is 530 g/mol. The molecule has 2 aromatic rings. The van der Waals surface area contributed by atoms with Gasteiger partial charge in [0.1, 0.15) is 17.4 Å². The van der Waals surface area contributed by atoms with Crippen LogP contribution in [0.15, 0.2) is 42.5 Å². The molecule has 2 aromatic carbocycles. The number of hydrogen-bond donors (Lipinski definition) is 4. The Labute approximate surface area is 230 Å². The molecule has 9 nitrogen and oxygen atoms in total. The van der Waals surface area contributed by atoms with Gasteiger partial charge in [-0.3, -0.25) is 0 Å². The average Bonchev–Trinajstić information content (AvgIpc) is 2.87. The molecule has 0 unspecified atom stereocenters. The van der Waals surface area contributed by atoms with E-state index < -0.39 is 39.8 Å². The SMILES string of the molecule is CCCN(CCC)S(=O)(=O)CCNC(=O)N[C@@H](Cc1cc(F)cc(F)c1)[C@@H](O)CNCc1cccc(OC)c1. The third-order valence-electron chi connectivity index (χ3n) is 5.96. The van der Waals surface area contributed by atoms with Crippen molar-refractivity contribution in [3.63, 3.8) is 0 Å². The first-order valence-electron chi connectivity index (χ1n) is 13.1. The van der Waals surface area contributed by atoms with Crippen LogP contribution in [0.5, 0.6) is 5.75 Å². The van der Waals surface area contributed by atoms with E-state index in [1.807, 2.05) is 38.1 Å². The molecule has 0 fully saturated rings. The molecule has 0 aliphatic rings. The number of nitrogens with zero attached hydrogens (tertiary/aromatic N) is 1. The predicted octanol–water partition coefficient (Wildman–Crippen LogP) is 2.79. The van der Waals surface area contributed by atoms with Crippen molar-refractivity contribution in [2.75, 3.05) is 39.0 Å². The number of aliphatic hydroxyl groups excluding tert-OH is 1. The largest absolute Gasteiger partial charge is 0.497 e. The smallest absolute Gasteiger partial charge is 0.315 e. The standard InChI is InChI=1S/C27H40F2N4O5S/c1-4-10-33(11-5-2)39(36,37)12-9-31-27(35)32-25(16-21-13-22(28)17-23(29)14-21)26(34)19-30-18-20-7-6-8-24(15-20)38-3/h6-8,13-15,17,25-26,30,34H,4-5,9-12,16,18-19H2,1-3H3,(H2,31,32,35)/t25-,26-/m0/s1. The van der Waals surface area contributed by atoms with Gasteiger partial charge >= 0.3 is 6.03 Å². The Balaban J connectivity index is 2.02. The molecule has 39 heavy (non-hydrogen) atoms. The summed E-state index contributed by atoms with van der Waals surface area (Å²) in [5, 5.41) is 19.1. The molecule has 2 amide bonds. The fourth-order valence-corrected chi connectivity index (χ4v) is 5.63. The first-order valence-corrected chi connectivity index (χ1v) is 14.7. The van der Waals surface area contributed by atoms with Gasteiger partial charge < -0.3 is 25.8 Å². The van der Waals surface area contributed by atoms with Gasteiger partial charge in [0.05, 0.1) is 25.0 Å². The van der Waals surface area contributed by atoms with Gasteiger partial charge in [0.15, 0.2) is 0 Å². The van der Waals surface area contributed by atoms with Crippen molar-refractivity contribution >= 4 is 16.1 Å². The number of rotatable bonds is 17. The fraction of sp³-hybridized carbons (Fsp3) is 0.519. The zero-order valence-electron chi connectivity index (χ0n) is 22.8. The number of carbonyl (C=O) groups is 1. The molecule has 0 radical (unpaired) electrons. The number of urea groups is 1. The quantitative estimate of drug-likeness (QED) is 0.232. The zero-order valence-corrected chi connectivity index (χ0v) is 23.6. The Kier molecular flexibility index (Phi) is 13.6. The van der Waals surface area contributed by atoms with Gasteiger partial charge in [-0.1, -0.05) is 26.0 Å². The predicted molar refractivity (Wildman–Crippen MR) is 147 cm³/mol. The van der Waals surface area contributed by atoms with Crippen molar-refractivity contribution in [2.24, 2.45) is 0 Å². The minimum atomic E-state index is -3.55. The van der Waals surface area contributed by atoms with Gasteiger partial charge in [0.2, 0.25) is 10.0 Å². The van der Waals surface area contributed by atoms with E-state index in [4.69, 9.17) is 4.74 Å². The first kappa shape index (κ1) is 32.4. The maximum Gasteiger partial charge on any atom is 0.315 e. The van der Waals surface area contributed by atoms with Crippen LogP contribution in [0.2, 0.25) is 0 Å². The average molecular weight is 571 g/mol. The van der Waals surface area contributed by atoms with Crippen molar-refractivity contribution in [2.45, 2.75) is 51.8 Å². The van der Waals surface area contributed by atoms with Crippen molar-refractivity contribution in [3.8, 4) is 5.75 Å². The molecule has 0 aliphatic carbocycles. The number of aliphatic hydroxyl groups is 1. The van der Waals surface area contributed by atoms with Crippen molar-refractivity contribution in [3.05, 3.63) is 65.2 Å². The molecule has 0 bridgehead atoms. The fourth-order valence-electron chi connectivity index (χ4n) is 4.09. The second kappa shape index (κ2) is 16.3. The van der Waals surface area contributed by atoms with E-state index in [0.717, 1.165) is 23.8 Å². The van der Waals surface area contributed by atoms with E-state index in [0.29, 0.717) is 38.2 Å². The number of nitrogens with one attached hydrogen (secondary N) is 3. The second-order valence-electron chi connectivity index (χ2n) is 9.25. The third kappa shape index (κ3) is 11.5. The Morgan fingerprint density at radius 2 is 1.72 bits per heavy atom. The lowest BCUT2D eigenvalue weighted by atomic mass is 10.0. The summed E-state index contributed by atoms with van der Waals surface area (Å²) >= 11 is 0. The highest BCUT2D eigenvalue weighted by atomic mass is 32.2. The summed E-state index contributed by atoms with van der Waals surface area (Å²) in [5.41, 5.74) is 1.17. The molecule has 0 spiro atoms. The summed E-state index contributed by atoms with van der Waals surface area (Å²) in [6.45, 7) is 4.94. The third-order valence-corrected chi connectivity index (χ3v) is 7.83. The van der Waals surface area contributed by atoms with E-state index in [1.165, 1.54) is 4.31 Å². The number of methoxy groups -OCH3 is 1. The van der Waals surface area contributed by atoms with E-state index in [9.17, 15) is 27.1 Å². The van der Waals surface area contributed by atoms with Crippen LogP contribution < -0.4 is 20.7 Å². The Morgan fingerprint density at radius 3 is 2.33 bits per heavy atom. The van der Waals surface area contributed by atoms with Crippen LogP contribution >= 0.6 is 0 Å². The second-order valence-corrected chi connectivity index (χ2v) is 11.3. The van der Waals surface area contributed by atoms with Crippen LogP contribution in [-0.2, 0) is 23.0 Å². The molecule has 12 heteroatoms. The summed E-state index contributed by atoms with van der Waals surface area (Å²) in [6.07, 6.45) is 0.183. The molecule has 0 saturated carbocycles. The van der Waals surface area contributed by atoms with Crippen molar-refractivity contribution < 1.29 is 31.8 Å². The lowest BCUT2D eigenvalue weighted by molar-refractivity contribution is 0.126.